The van der Waals surface area contributed by atoms with Gasteiger partial charge in [0.15, 0.2) is 6.61 Å². The third-order valence-corrected chi connectivity index (χ3v) is 5.00. The lowest BCUT2D eigenvalue weighted by molar-refractivity contribution is -0.119. The highest BCUT2D eigenvalue weighted by Gasteiger charge is 2.17. The molecule has 8 heteroatoms. The number of benzene rings is 2. The van der Waals surface area contributed by atoms with Gasteiger partial charge in [0.1, 0.15) is 11.5 Å². The molecule has 1 N–H and O–H groups in total. The molecule has 0 bridgehead atoms. The van der Waals surface area contributed by atoms with Crippen LogP contribution in [0.3, 0.4) is 0 Å². The normalized spacial score (nSPS) is 11.4. The molecule has 1 atom stereocenters. The lowest BCUT2D eigenvalue weighted by atomic mass is 10.2. The van der Waals surface area contributed by atoms with Crippen LogP contribution < -0.4 is 14.8 Å². The number of carbonyl (C=O) groups is 2. The van der Waals surface area contributed by atoms with Gasteiger partial charge in [-0.05, 0) is 24.3 Å². The molecule has 0 aliphatic carbocycles. The quantitative estimate of drug-likeness (QED) is 0.696. The van der Waals surface area contributed by atoms with Crippen molar-refractivity contribution < 1.29 is 28.0 Å². The maximum atomic E-state index is 12.3. The van der Waals surface area contributed by atoms with Crippen LogP contribution in [-0.2, 0) is 20.3 Å². The van der Waals surface area contributed by atoms with E-state index in [4.69, 9.17) is 14.2 Å². The number of amides is 1. The number of hydrogen-bond acceptors (Lipinski definition) is 6. The Bertz CT molecular complexity index is 852. The van der Waals surface area contributed by atoms with Crippen LogP contribution >= 0.6 is 0 Å². The first-order valence-corrected chi connectivity index (χ1v) is 9.48. The molecule has 2 rings (SSSR count). The van der Waals surface area contributed by atoms with E-state index in [1.807, 2.05) is 0 Å². The van der Waals surface area contributed by atoms with E-state index < -0.39 is 29.3 Å². The van der Waals surface area contributed by atoms with Crippen molar-refractivity contribution in [2.24, 2.45) is 0 Å². The van der Waals surface area contributed by atoms with Crippen LogP contribution in [0, 0.1) is 0 Å². The summed E-state index contributed by atoms with van der Waals surface area (Å²) in [6.45, 7) is 1.26. The largest absolute Gasteiger partial charge is 0.497 e. The molecule has 27 heavy (non-hydrogen) atoms. The van der Waals surface area contributed by atoms with Gasteiger partial charge >= 0.3 is 5.97 Å². The molecule has 0 unspecified atom stereocenters. The zero-order valence-corrected chi connectivity index (χ0v) is 16.1. The summed E-state index contributed by atoms with van der Waals surface area (Å²) >= 11 is 0. The molecule has 1 amide bonds. The fraction of sp³-hybridized carbons (Fsp3) is 0.263. The van der Waals surface area contributed by atoms with Crippen molar-refractivity contribution in [3.63, 3.8) is 0 Å². The van der Waals surface area contributed by atoms with E-state index in [1.54, 1.807) is 43.3 Å². The molecule has 0 aromatic heterocycles. The van der Waals surface area contributed by atoms with Crippen molar-refractivity contribution in [2.75, 3.05) is 31.9 Å². The Morgan fingerprint density at radius 2 is 1.81 bits per heavy atom. The van der Waals surface area contributed by atoms with E-state index in [0.29, 0.717) is 27.8 Å². The van der Waals surface area contributed by atoms with Crippen LogP contribution in [0.4, 0.5) is 5.69 Å². The number of ether oxygens (including phenoxy) is 3. The number of carbonyl (C=O) groups excluding carboxylic acids is 2. The number of hydrogen-bond donors (Lipinski definition) is 1. The minimum Gasteiger partial charge on any atom is -0.497 e. The molecule has 0 aliphatic rings. The van der Waals surface area contributed by atoms with Gasteiger partial charge < -0.3 is 19.5 Å². The van der Waals surface area contributed by atoms with Crippen LogP contribution in [0.15, 0.2) is 47.4 Å². The average molecular weight is 391 g/mol. The van der Waals surface area contributed by atoms with E-state index >= 15 is 0 Å². The van der Waals surface area contributed by atoms with E-state index in [2.05, 4.69) is 5.32 Å². The second-order valence-corrected chi connectivity index (χ2v) is 7.03. The molecule has 0 radical (unpaired) electrons. The fourth-order valence-corrected chi connectivity index (χ4v) is 3.23. The molecule has 0 fully saturated rings. The van der Waals surface area contributed by atoms with E-state index in [1.165, 1.54) is 20.3 Å². The van der Waals surface area contributed by atoms with Gasteiger partial charge in [-0.3, -0.25) is 9.00 Å². The first-order valence-electron chi connectivity index (χ1n) is 8.16. The standard InChI is InChI=1S/C19H21NO6S/c1-4-27(23)17-8-6-5-7-14(17)19(22)26-12-18(21)20-15-11-13(24-2)9-10-16(15)25-3/h5-11H,4,12H2,1-3H3,(H,20,21)/t27-/m0/s1. The smallest absolute Gasteiger partial charge is 0.339 e. The van der Waals surface area contributed by atoms with Gasteiger partial charge in [0, 0.05) is 11.8 Å². The minimum absolute atomic E-state index is 0.185. The fourth-order valence-electron chi connectivity index (χ4n) is 2.30. The minimum atomic E-state index is -1.31. The summed E-state index contributed by atoms with van der Waals surface area (Å²) in [4.78, 5) is 24.8. The first-order chi connectivity index (χ1) is 13.0. The maximum absolute atomic E-state index is 12.3. The van der Waals surface area contributed by atoms with Crippen LogP contribution in [0.1, 0.15) is 17.3 Å². The number of nitrogens with one attached hydrogen (secondary N) is 1. The zero-order valence-electron chi connectivity index (χ0n) is 15.3. The lowest BCUT2D eigenvalue weighted by Gasteiger charge is -2.12. The van der Waals surface area contributed by atoms with E-state index in [-0.39, 0.29) is 5.56 Å². The number of anilines is 1. The van der Waals surface area contributed by atoms with Crippen LogP contribution in [-0.4, -0.2) is 42.7 Å². The summed E-state index contributed by atoms with van der Waals surface area (Å²) in [6, 6.07) is 11.4. The van der Waals surface area contributed by atoms with Crippen molar-refractivity contribution >= 4 is 28.4 Å². The highest BCUT2D eigenvalue weighted by Crippen LogP contribution is 2.28. The third kappa shape index (κ3) is 5.30. The summed E-state index contributed by atoms with van der Waals surface area (Å²) in [5, 5.41) is 2.61. The van der Waals surface area contributed by atoms with Gasteiger partial charge in [0.2, 0.25) is 0 Å². The first kappa shape index (κ1) is 20.4. The molecule has 0 saturated heterocycles. The number of esters is 1. The second kappa shape index (κ2) is 9.72. The summed E-state index contributed by atoms with van der Waals surface area (Å²) in [5.74, 6) is 0.114. The molecule has 144 valence electrons. The Kier molecular flexibility index (Phi) is 7.36. The summed E-state index contributed by atoms with van der Waals surface area (Å²) in [7, 11) is 1.67. The monoisotopic (exact) mass is 391 g/mol. The summed E-state index contributed by atoms with van der Waals surface area (Å²) in [6.07, 6.45) is 0. The van der Waals surface area contributed by atoms with E-state index in [0.717, 1.165) is 0 Å². The van der Waals surface area contributed by atoms with E-state index in [9.17, 15) is 13.8 Å². The van der Waals surface area contributed by atoms with Crippen molar-refractivity contribution in [3.05, 3.63) is 48.0 Å². The SMILES string of the molecule is CC[S@](=O)c1ccccc1C(=O)OCC(=O)Nc1cc(OC)ccc1OC. The molecule has 2 aromatic rings. The summed E-state index contributed by atoms with van der Waals surface area (Å²) in [5.41, 5.74) is 0.579. The van der Waals surface area contributed by atoms with Gasteiger partial charge in [-0.15, -0.1) is 0 Å². The van der Waals surface area contributed by atoms with Crippen LogP contribution in [0.2, 0.25) is 0 Å². The Labute approximate surface area is 160 Å². The van der Waals surface area contributed by atoms with Gasteiger partial charge in [-0.25, -0.2) is 4.79 Å². The number of methoxy groups -OCH3 is 2. The average Bonchev–Trinajstić information content (AvgIpc) is 2.71. The molecule has 0 saturated carbocycles. The zero-order chi connectivity index (χ0) is 19.8. The molecule has 2 aromatic carbocycles. The van der Waals surface area contributed by atoms with Crippen molar-refractivity contribution in [2.45, 2.75) is 11.8 Å². The topological polar surface area (TPSA) is 90.9 Å². The van der Waals surface area contributed by atoms with Crippen molar-refractivity contribution in [1.29, 1.82) is 0 Å². The highest BCUT2D eigenvalue weighted by molar-refractivity contribution is 7.85. The molecule has 0 heterocycles. The molecular formula is C19H21NO6S. The lowest BCUT2D eigenvalue weighted by Crippen LogP contribution is -2.22. The Morgan fingerprint density at radius 1 is 1.07 bits per heavy atom. The molecule has 0 aliphatic heterocycles. The summed E-state index contributed by atoms with van der Waals surface area (Å²) < 4.78 is 27.4. The Balaban J connectivity index is 2.04. The Morgan fingerprint density at radius 3 is 2.48 bits per heavy atom. The predicted octanol–water partition coefficient (Wildman–Crippen LogP) is 2.63. The molecular weight excluding hydrogens is 370 g/mol. The van der Waals surface area contributed by atoms with Crippen molar-refractivity contribution in [3.8, 4) is 11.5 Å². The highest BCUT2D eigenvalue weighted by atomic mass is 32.2. The second-order valence-electron chi connectivity index (χ2n) is 5.32. The third-order valence-electron chi connectivity index (χ3n) is 3.63. The predicted molar refractivity (Wildman–Crippen MR) is 102 cm³/mol. The van der Waals surface area contributed by atoms with Gasteiger partial charge in [0.25, 0.3) is 5.91 Å². The van der Waals surface area contributed by atoms with Crippen molar-refractivity contribution in [1.82, 2.24) is 0 Å². The number of rotatable bonds is 8. The van der Waals surface area contributed by atoms with Crippen LogP contribution in [0.25, 0.3) is 0 Å². The molecule has 7 nitrogen and oxygen atoms in total. The van der Waals surface area contributed by atoms with Gasteiger partial charge in [0.05, 0.1) is 41.2 Å². The Hall–Kier alpha value is -2.87. The van der Waals surface area contributed by atoms with Crippen LogP contribution in [0.5, 0.6) is 11.5 Å². The molecule has 0 spiro atoms. The van der Waals surface area contributed by atoms with Gasteiger partial charge in [-0.1, -0.05) is 19.1 Å². The maximum Gasteiger partial charge on any atom is 0.339 e. The van der Waals surface area contributed by atoms with Gasteiger partial charge in [-0.2, -0.15) is 0 Å².